The Labute approximate surface area is 180 Å². The molecule has 1 saturated carbocycles. The van der Waals surface area contributed by atoms with Gasteiger partial charge in [-0.15, -0.1) is 0 Å². The van der Waals surface area contributed by atoms with Crippen LogP contribution >= 0.6 is 11.8 Å². The smallest absolute Gasteiger partial charge is 0.233 e. The summed E-state index contributed by atoms with van der Waals surface area (Å²) in [5.41, 5.74) is 2.89. The number of sulfone groups is 1. The number of hydrogen-bond donors (Lipinski definition) is 0. The maximum atomic E-state index is 13.1. The van der Waals surface area contributed by atoms with E-state index in [0.717, 1.165) is 34.7 Å². The summed E-state index contributed by atoms with van der Waals surface area (Å²) >= 11 is 1.42. The number of para-hydroxylation sites is 3. The van der Waals surface area contributed by atoms with Crippen LogP contribution in [0.3, 0.4) is 0 Å². The Morgan fingerprint density at radius 2 is 1.77 bits per heavy atom. The lowest BCUT2D eigenvalue weighted by atomic mass is 10.2. The van der Waals surface area contributed by atoms with Gasteiger partial charge in [0.1, 0.15) is 0 Å². The molecule has 30 heavy (non-hydrogen) atoms. The van der Waals surface area contributed by atoms with Crippen molar-refractivity contribution in [3.63, 3.8) is 0 Å². The molecule has 0 radical (unpaired) electrons. The molecule has 3 aromatic rings. The van der Waals surface area contributed by atoms with Crippen LogP contribution in [-0.2, 0) is 14.6 Å². The van der Waals surface area contributed by atoms with Crippen LogP contribution in [0.2, 0.25) is 0 Å². The fourth-order valence-corrected chi connectivity index (χ4v) is 6.79. The molecular formula is C22H23N3O3S2. The highest BCUT2D eigenvalue weighted by molar-refractivity contribution is 7.99. The molecule has 2 aromatic carbocycles. The lowest BCUT2D eigenvalue weighted by Gasteiger charge is -2.28. The van der Waals surface area contributed by atoms with Gasteiger partial charge in [0.25, 0.3) is 0 Å². The van der Waals surface area contributed by atoms with Crippen LogP contribution in [0.5, 0.6) is 0 Å². The van der Waals surface area contributed by atoms with Crippen molar-refractivity contribution >= 4 is 38.5 Å². The zero-order chi connectivity index (χ0) is 20.7. The van der Waals surface area contributed by atoms with Gasteiger partial charge in [-0.05, 0) is 43.5 Å². The number of hydrogen-bond acceptors (Lipinski definition) is 5. The van der Waals surface area contributed by atoms with E-state index in [1.165, 1.54) is 11.8 Å². The number of carbonyl (C=O) groups is 1. The molecule has 1 amide bonds. The van der Waals surface area contributed by atoms with Gasteiger partial charge < -0.3 is 4.90 Å². The third-order valence-electron chi connectivity index (χ3n) is 5.70. The van der Waals surface area contributed by atoms with E-state index in [-0.39, 0.29) is 35.2 Å². The minimum Gasteiger partial charge on any atom is -0.335 e. The molecule has 0 spiro atoms. The molecule has 1 atom stereocenters. The summed E-state index contributed by atoms with van der Waals surface area (Å²) in [6.07, 6.45) is 2.49. The Balaban J connectivity index is 1.40. The van der Waals surface area contributed by atoms with Gasteiger partial charge in [0, 0.05) is 17.8 Å². The Hall–Kier alpha value is -2.32. The first-order chi connectivity index (χ1) is 14.5. The number of rotatable bonds is 6. The highest BCUT2D eigenvalue weighted by atomic mass is 32.2. The maximum Gasteiger partial charge on any atom is 0.233 e. The van der Waals surface area contributed by atoms with Crippen LogP contribution in [0.25, 0.3) is 16.7 Å². The van der Waals surface area contributed by atoms with Crippen molar-refractivity contribution in [3.8, 4) is 5.69 Å². The average Bonchev–Trinajstić information content (AvgIpc) is 3.40. The Kier molecular flexibility index (Phi) is 5.06. The van der Waals surface area contributed by atoms with E-state index in [9.17, 15) is 13.2 Å². The number of benzene rings is 2. The van der Waals surface area contributed by atoms with Crippen molar-refractivity contribution in [1.82, 2.24) is 14.5 Å². The molecule has 2 heterocycles. The topological polar surface area (TPSA) is 72.3 Å². The van der Waals surface area contributed by atoms with Crippen LogP contribution in [0.15, 0.2) is 59.8 Å². The standard InChI is InChI=1S/C22H23N3O3S2/c26-21(24(17-10-11-17)18-12-13-30(27,28)15-18)14-29-22-23-19-8-4-5-9-20(19)25(22)16-6-2-1-3-7-16/h1-9,17-18H,10-15H2. The molecule has 1 saturated heterocycles. The van der Waals surface area contributed by atoms with E-state index in [1.807, 2.05) is 59.5 Å². The highest BCUT2D eigenvalue weighted by Crippen LogP contribution is 2.34. The molecule has 6 nitrogen and oxygen atoms in total. The quantitative estimate of drug-likeness (QED) is 0.549. The second-order valence-electron chi connectivity index (χ2n) is 7.93. The van der Waals surface area contributed by atoms with Gasteiger partial charge in [0.05, 0.1) is 28.3 Å². The predicted octanol–water partition coefficient (Wildman–Crippen LogP) is 3.30. The first kappa shape index (κ1) is 19.6. The molecule has 8 heteroatoms. The summed E-state index contributed by atoms with van der Waals surface area (Å²) in [5.74, 6) is 0.549. The van der Waals surface area contributed by atoms with Crippen molar-refractivity contribution in [3.05, 3.63) is 54.6 Å². The molecule has 156 valence electrons. The van der Waals surface area contributed by atoms with Crippen LogP contribution < -0.4 is 0 Å². The number of imidazole rings is 1. The summed E-state index contributed by atoms with van der Waals surface area (Å²) in [5, 5.41) is 0.769. The first-order valence-corrected chi connectivity index (χ1v) is 13.0. The minimum atomic E-state index is -3.02. The van der Waals surface area contributed by atoms with Crippen molar-refractivity contribution in [2.75, 3.05) is 17.3 Å². The zero-order valence-electron chi connectivity index (χ0n) is 16.5. The van der Waals surface area contributed by atoms with E-state index in [0.29, 0.717) is 6.42 Å². The molecule has 1 aliphatic carbocycles. The third kappa shape index (κ3) is 3.86. The largest absolute Gasteiger partial charge is 0.335 e. The minimum absolute atomic E-state index is 0.0104. The number of aromatic nitrogens is 2. The molecule has 2 fully saturated rings. The number of nitrogens with zero attached hydrogens (tertiary/aromatic N) is 3. The van der Waals surface area contributed by atoms with Gasteiger partial charge in [-0.25, -0.2) is 13.4 Å². The second kappa shape index (κ2) is 7.74. The monoisotopic (exact) mass is 441 g/mol. The molecule has 1 unspecified atom stereocenters. The molecule has 2 aliphatic rings. The summed E-state index contributed by atoms with van der Waals surface area (Å²) < 4.78 is 25.9. The normalized spacial score (nSPS) is 20.5. The Morgan fingerprint density at radius 1 is 1.03 bits per heavy atom. The summed E-state index contributed by atoms with van der Waals surface area (Å²) in [7, 11) is -3.02. The van der Waals surface area contributed by atoms with Crippen LogP contribution in [-0.4, -0.2) is 58.1 Å². The second-order valence-corrected chi connectivity index (χ2v) is 11.1. The van der Waals surface area contributed by atoms with Gasteiger partial charge >= 0.3 is 0 Å². The van der Waals surface area contributed by atoms with E-state index < -0.39 is 9.84 Å². The number of fused-ring (bicyclic) bond motifs is 1. The van der Waals surface area contributed by atoms with E-state index in [4.69, 9.17) is 4.98 Å². The van der Waals surface area contributed by atoms with Gasteiger partial charge in [-0.1, -0.05) is 42.1 Å². The van der Waals surface area contributed by atoms with Crippen molar-refractivity contribution < 1.29 is 13.2 Å². The van der Waals surface area contributed by atoms with Gasteiger partial charge in [0.15, 0.2) is 15.0 Å². The number of amides is 1. The van der Waals surface area contributed by atoms with E-state index in [1.54, 1.807) is 0 Å². The van der Waals surface area contributed by atoms with Crippen molar-refractivity contribution in [1.29, 1.82) is 0 Å². The van der Waals surface area contributed by atoms with Gasteiger partial charge in [-0.2, -0.15) is 0 Å². The van der Waals surface area contributed by atoms with Crippen LogP contribution in [0.1, 0.15) is 19.3 Å². The van der Waals surface area contributed by atoms with E-state index in [2.05, 4.69) is 4.57 Å². The predicted molar refractivity (Wildman–Crippen MR) is 119 cm³/mol. The van der Waals surface area contributed by atoms with E-state index >= 15 is 0 Å². The van der Waals surface area contributed by atoms with Gasteiger partial charge in [0.2, 0.25) is 5.91 Å². The fraction of sp³-hybridized carbons (Fsp3) is 0.364. The Morgan fingerprint density at radius 3 is 2.47 bits per heavy atom. The number of thioether (sulfide) groups is 1. The third-order valence-corrected chi connectivity index (χ3v) is 8.37. The zero-order valence-corrected chi connectivity index (χ0v) is 18.1. The molecule has 0 N–H and O–H groups in total. The maximum absolute atomic E-state index is 13.1. The Bertz CT molecular complexity index is 1190. The molecule has 1 aliphatic heterocycles. The van der Waals surface area contributed by atoms with Gasteiger partial charge in [-0.3, -0.25) is 9.36 Å². The summed E-state index contributed by atoms with van der Waals surface area (Å²) in [6.45, 7) is 0. The van der Waals surface area contributed by atoms with Crippen molar-refractivity contribution in [2.24, 2.45) is 0 Å². The molecule has 5 rings (SSSR count). The summed E-state index contributed by atoms with van der Waals surface area (Å²) in [6, 6.07) is 18.0. The van der Waals surface area contributed by atoms with Crippen LogP contribution in [0.4, 0.5) is 0 Å². The highest BCUT2D eigenvalue weighted by Gasteiger charge is 2.42. The number of carbonyl (C=O) groups excluding carboxylic acids is 1. The fourth-order valence-electron chi connectivity index (χ4n) is 4.18. The van der Waals surface area contributed by atoms with Crippen molar-refractivity contribution in [2.45, 2.75) is 36.5 Å². The summed E-state index contributed by atoms with van der Waals surface area (Å²) in [4.78, 5) is 19.7. The average molecular weight is 442 g/mol. The SMILES string of the molecule is O=C(CSc1nc2ccccc2n1-c1ccccc1)N(C1CC1)C1CCS(=O)(=O)C1. The van der Waals surface area contributed by atoms with Crippen LogP contribution in [0, 0.1) is 0 Å². The molecule has 0 bridgehead atoms. The first-order valence-electron chi connectivity index (χ1n) is 10.2. The molecular weight excluding hydrogens is 418 g/mol. The lowest BCUT2D eigenvalue weighted by molar-refractivity contribution is -0.130. The lowest BCUT2D eigenvalue weighted by Crippen LogP contribution is -2.43. The molecule has 1 aromatic heterocycles.